The van der Waals surface area contributed by atoms with E-state index in [2.05, 4.69) is 10.6 Å². The van der Waals surface area contributed by atoms with E-state index in [1.54, 1.807) is 0 Å². The van der Waals surface area contributed by atoms with Crippen LogP contribution in [0, 0.1) is 0 Å². The standard InChI is InChI=1S/C24H24F6N2O2/c1-14(33)31-20-12-22(16-5-3-2-4-6-16)21(8-7-19(20)32-22)34-13-15-9-17(23(25,26)27)11-18(10-15)24(28,29)30/h2-6,9-11,19-21,32H,7-8,12-13H2,1H3,(H,31,33)/t19-,20+,21+,22+/m0/s1. The number of carbonyl (C=O) groups is 1. The van der Waals surface area contributed by atoms with Crippen molar-refractivity contribution in [1.82, 2.24) is 10.6 Å². The van der Waals surface area contributed by atoms with Gasteiger partial charge in [0.1, 0.15) is 0 Å². The van der Waals surface area contributed by atoms with Gasteiger partial charge >= 0.3 is 12.4 Å². The number of hydrogen-bond acceptors (Lipinski definition) is 3. The lowest BCUT2D eigenvalue weighted by Gasteiger charge is -2.42. The van der Waals surface area contributed by atoms with Crippen molar-refractivity contribution in [2.24, 2.45) is 0 Å². The zero-order chi connectivity index (χ0) is 24.7. The van der Waals surface area contributed by atoms with Crippen molar-refractivity contribution in [2.75, 3.05) is 0 Å². The molecule has 0 unspecified atom stereocenters. The van der Waals surface area contributed by atoms with Crippen LogP contribution in [0.2, 0.25) is 0 Å². The number of benzene rings is 2. The molecular formula is C24H24F6N2O2. The first-order valence-corrected chi connectivity index (χ1v) is 10.9. The molecule has 2 aliphatic rings. The van der Waals surface area contributed by atoms with Crippen molar-refractivity contribution in [3.05, 3.63) is 70.8 Å². The van der Waals surface area contributed by atoms with Gasteiger partial charge in [-0.2, -0.15) is 26.3 Å². The summed E-state index contributed by atoms with van der Waals surface area (Å²) in [5.41, 5.74) is -2.79. The van der Waals surface area contributed by atoms with Gasteiger partial charge in [-0.05, 0) is 48.6 Å². The molecule has 2 aromatic rings. The second-order valence-corrected chi connectivity index (χ2v) is 8.89. The Labute approximate surface area is 192 Å². The van der Waals surface area contributed by atoms with Gasteiger partial charge in [-0.15, -0.1) is 0 Å². The summed E-state index contributed by atoms with van der Waals surface area (Å²) >= 11 is 0. The molecule has 2 saturated heterocycles. The normalized spacial score (nSPS) is 27.0. The summed E-state index contributed by atoms with van der Waals surface area (Å²) in [5.74, 6) is -0.177. The Morgan fingerprint density at radius 1 is 1.03 bits per heavy atom. The molecule has 10 heteroatoms. The summed E-state index contributed by atoms with van der Waals surface area (Å²) in [6, 6.07) is 10.6. The number of alkyl halides is 6. The van der Waals surface area contributed by atoms with Crippen molar-refractivity contribution in [3.8, 4) is 0 Å². The van der Waals surface area contributed by atoms with E-state index in [4.69, 9.17) is 4.74 Å². The zero-order valence-corrected chi connectivity index (χ0v) is 18.3. The number of nitrogens with one attached hydrogen (secondary N) is 2. The Kier molecular flexibility index (Phi) is 6.41. The molecule has 0 aromatic heterocycles. The van der Waals surface area contributed by atoms with Crippen molar-refractivity contribution in [1.29, 1.82) is 0 Å². The molecule has 2 aromatic carbocycles. The Balaban J connectivity index is 1.63. The second-order valence-electron chi connectivity index (χ2n) is 8.89. The minimum atomic E-state index is -4.92. The first kappa shape index (κ1) is 24.5. The lowest BCUT2D eigenvalue weighted by Crippen LogP contribution is -2.55. The zero-order valence-electron chi connectivity index (χ0n) is 18.3. The minimum absolute atomic E-state index is 0.0191. The van der Waals surface area contributed by atoms with Crippen LogP contribution in [0.15, 0.2) is 48.5 Å². The fourth-order valence-corrected chi connectivity index (χ4v) is 5.11. The van der Waals surface area contributed by atoms with Crippen LogP contribution in [0.25, 0.3) is 0 Å². The van der Waals surface area contributed by atoms with Gasteiger partial charge in [-0.25, -0.2) is 0 Å². The van der Waals surface area contributed by atoms with Gasteiger partial charge in [0.25, 0.3) is 0 Å². The molecule has 2 fully saturated rings. The van der Waals surface area contributed by atoms with E-state index in [0.717, 1.165) is 5.56 Å². The van der Waals surface area contributed by atoms with Gasteiger partial charge in [0, 0.05) is 19.0 Å². The van der Waals surface area contributed by atoms with Crippen LogP contribution in [-0.2, 0) is 34.0 Å². The van der Waals surface area contributed by atoms with E-state index in [9.17, 15) is 31.1 Å². The van der Waals surface area contributed by atoms with Gasteiger partial charge < -0.3 is 15.4 Å². The monoisotopic (exact) mass is 486 g/mol. The average Bonchev–Trinajstić information content (AvgIpc) is 3.05. The highest BCUT2D eigenvalue weighted by Gasteiger charge is 2.54. The number of halogens is 6. The largest absolute Gasteiger partial charge is 0.416 e. The summed E-state index contributed by atoms with van der Waals surface area (Å²) in [6.45, 7) is 1.01. The summed E-state index contributed by atoms with van der Waals surface area (Å²) in [5, 5.41) is 6.48. The van der Waals surface area contributed by atoms with Gasteiger partial charge in [0.15, 0.2) is 0 Å². The van der Waals surface area contributed by atoms with Crippen molar-refractivity contribution >= 4 is 5.91 Å². The highest BCUT2D eigenvalue weighted by atomic mass is 19.4. The highest BCUT2D eigenvalue weighted by molar-refractivity contribution is 5.73. The van der Waals surface area contributed by atoms with E-state index >= 15 is 0 Å². The molecule has 0 aliphatic carbocycles. The van der Waals surface area contributed by atoms with Crippen LogP contribution in [0.4, 0.5) is 26.3 Å². The van der Waals surface area contributed by atoms with E-state index in [0.29, 0.717) is 31.4 Å². The number of ether oxygens (including phenoxy) is 1. The molecule has 0 spiro atoms. The Morgan fingerprint density at radius 3 is 2.21 bits per heavy atom. The molecule has 2 aliphatic heterocycles. The number of piperidine rings is 1. The molecule has 0 radical (unpaired) electrons. The number of hydrogen-bond donors (Lipinski definition) is 2. The quantitative estimate of drug-likeness (QED) is 0.574. The molecule has 4 rings (SSSR count). The first-order chi connectivity index (χ1) is 15.9. The molecule has 4 nitrogen and oxygen atoms in total. The Hall–Kier alpha value is -2.59. The summed E-state index contributed by atoms with van der Waals surface area (Å²) in [6.07, 6.45) is -8.69. The highest BCUT2D eigenvalue weighted by Crippen LogP contribution is 2.45. The maximum Gasteiger partial charge on any atom is 0.416 e. The van der Waals surface area contributed by atoms with Gasteiger partial charge in [-0.3, -0.25) is 4.79 Å². The van der Waals surface area contributed by atoms with Gasteiger partial charge in [0.2, 0.25) is 5.91 Å². The van der Waals surface area contributed by atoms with Gasteiger partial charge in [0.05, 0.1) is 29.4 Å². The smallest absolute Gasteiger partial charge is 0.371 e. The van der Waals surface area contributed by atoms with Crippen molar-refractivity contribution in [3.63, 3.8) is 0 Å². The fourth-order valence-electron chi connectivity index (χ4n) is 5.11. The van der Waals surface area contributed by atoms with Crippen LogP contribution < -0.4 is 10.6 Å². The number of carbonyl (C=O) groups excluding carboxylic acids is 1. The predicted molar refractivity (Wildman–Crippen MR) is 112 cm³/mol. The van der Waals surface area contributed by atoms with E-state index < -0.39 is 41.7 Å². The predicted octanol–water partition coefficient (Wildman–Crippen LogP) is 5.17. The first-order valence-electron chi connectivity index (χ1n) is 10.9. The topological polar surface area (TPSA) is 50.4 Å². The van der Waals surface area contributed by atoms with Crippen molar-refractivity contribution in [2.45, 2.75) is 68.9 Å². The van der Waals surface area contributed by atoms with Gasteiger partial charge in [-0.1, -0.05) is 30.3 Å². The Morgan fingerprint density at radius 2 is 1.65 bits per heavy atom. The number of rotatable bonds is 5. The summed E-state index contributed by atoms with van der Waals surface area (Å²) in [4.78, 5) is 11.7. The SMILES string of the molecule is CC(=O)N[C@@H]1C[C@]2(c3ccccc3)N[C@H]1CC[C@H]2OCc1cc(C(F)(F)F)cc(C(F)(F)F)c1. The van der Waals surface area contributed by atoms with Crippen molar-refractivity contribution < 1.29 is 35.9 Å². The molecule has 2 bridgehead atoms. The maximum absolute atomic E-state index is 13.2. The molecule has 184 valence electrons. The molecular weight excluding hydrogens is 462 g/mol. The van der Waals surface area contributed by atoms with Crippen LogP contribution >= 0.6 is 0 Å². The Bertz CT molecular complexity index is 1010. The fraction of sp³-hybridized carbons (Fsp3) is 0.458. The van der Waals surface area contributed by atoms with E-state index in [1.165, 1.54) is 6.92 Å². The van der Waals surface area contributed by atoms with E-state index in [1.807, 2.05) is 30.3 Å². The van der Waals surface area contributed by atoms with Crippen LogP contribution in [-0.4, -0.2) is 24.1 Å². The van der Waals surface area contributed by atoms with Crippen LogP contribution in [0.3, 0.4) is 0 Å². The molecule has 4 atom stereocenters. The van der Waals surface area contributed by atoms with Crippen LogP contribution in [0.5, 0.6) is 0 Å². The number of amides is 1. The lowest BCUT2D eigenvalue weighted by molar-refractivity contribution is -0.143. The molecule has 0 saturated carbocycles. The molecule has 2 heterocycles. The third kappa shape index (κ3) is 4.93. The second kappa shape index (κ2) is 8.88. The molecule has 1 amide bonds. The number of fused-ring (bicyclic) bond motifs is 2. The van der Waals surface area contributed by atoms with Crippen LogP contribution in [0.1, 0.15) is 48.4 Å². The maximum atomic E-state index is 13.2. The molecule has 2 N–H and O–H groups in total. The third-order valence-corrected chi connectivity index (χ3v) is 6.54. The summed E-state index contributed by atoms with van der Waals surface area (Å²) in [7, 11) is 0. The average molecular weight is 486 g/mol. The molecule has 34 heavy (non-hydrogen) atoms. The van der Waals surface area contributed by atoms with E-state index in [-0.39, 0.29) is 29.6 Å². The third-order valence-electron chi connectivity index (χ3n) is 6.54. The lowest BCUT2D eigenvalue weighted by atomic mass is 9.80. The summed E-state index contributed by atoms with van der Waals surface area (Å²) < 4.78 is 85.4. The minimum Gasteiger partial charge on any atom is -0.371 e.